The van der Waals surface area contributed by atoms with Crippen LogP contribution in [0.3, 0.4) is 0 Å². The Morgan fingerprint density at radius 2 is 2.00 bits per heavy atom. The van der Waals surface area contributed by atoms with E-state index in [-0.39, 0.29) is 5.22 Å². The number of rotatable bonds is 8. The molecule has 0 aromatic carbocycles. The minimum Gasteiger partial charge on any atom is -0.377 e. The molecule has 0 rings (SSSR count). The first-order valence-electron chi connectivity index (χ1n) is 5.39. The molecule has 1 unspecified atom stereocenters. The van der Waals surface area contributed by atoms with E-state index in [9.17, 15) is 0 Å². The molecule has 0 bridgehead atoms. The lowest BCUT2D eigenvalue weighted by Crippen LogP contribution is -2.51. The summed E-state index contributed by atoms with van der Waals surface area (Å²) in [7, 11) is 0.211. The molecule has 0 saturated heterocycles. The van der Waals surface area contributed by atoms with Gasteiger partial charge in [0.2, 0.25) is 0 Å². The Hall–Kier alpha value is 0.664. The molecule has 3 nitrogen and oxygen atoms in total. The standard InChI is InChI=1S/C9H24O3SSi2/c1-5-11-15(10-4,8-6-7-13)12-9(2,3)14/h13H,5-8H2,1-4,14H3. The quantitative estimate of drug-likeness (QED) is 0.527. The van der Waals surface area contributed by atoms with Gasteiger partial charge < -0.3 is 13.3 Å². The van der Waals surface area contributed by atoms with Gasteiger partial charge in [0.1, 0.15) is 0 Å². The summed E-state index contributed by atoms with van der Waals surface area (Å²) in [6.45, 7) is 6.79. The highest BCUT2D eigenvalue weighted by atomic mass is 32.1. The molecule has 0 aliphatic rings. The van der Waals surface area contributed by atoms with E-state index in [4.69, 9.17) is 13.3 Å². The van der Waals surface area contributed by atoms with Crippen molar-refractivity contribution in [3.63, 3.8) is 0 Å². The van der Waals surface area contributed by atoms with Gasteiger partial charge in [0.05, 0.1) is 0 Å². The Morgan fingerprint density at radius 1 is 1.40 bits per heavy atom. The molecule has 15 heavy (non-hydrogen) atoms. The molecular formula is C9H24O3SSi2. The Kier molecular flexibility index (Phi) is 7.39. The third kappa shape index (κ3) is 6.75. The predicted molar refractivity (Wildman–Crippen MR) is 72.8 cm³/mol. The number of thiol groups is 1. The molecule has 0 aliphatic carbocycles. The van der Waals surface area contributed by atoms with Crippen molar-refractivity contribution in [2.75, 3.05) is 19.5 Å². The zero-order chi connectivity index (χ0) is 11.9. The molecule has 0 saturated carbocycles. The highest BCUT2D eigenvalue weighted by molar-refractivity contribution is 7.80. The third-order valence-electron chi connectivity index (χ3n) is 1.78. The van der Waals surface area contributed by atoms with E-state index in [0.717, 1.165) is 28.5 Å². The molecule has 0 heterocycles. The van der Waals surface area contributed by atoms with E-state index in [0.29, 0.717) is 6.61 Å². The maximum absolute atomic E-state index is 6.04. The third-order valence-corrected chi connectivity index (χ3v) is 5.95. The van der Waals surface area contributed by atoms with Gasteiger partial charge in [-0.25, -0.2) is 0 Å². The summed E-state index contributed by atoms with van der Waals surface area (Å²) in [5, 5.41) is -0.0893. The highest BCUT2D eigenvalue weighted by Gasteiger charge is 2.42. The molecule has 1 atom stereocenters. The SMILES string of the molecule is CCO[Si](CCCS)(OC)OC(C)(C)[SiH3]. The van der Waals surface area contributed by atoms with Crippen LogP contribution in [0.25, 0.3) is 0 Å². The van der Waals surface area contributed by atoms with Gasteiger partial charge in [-0.3, -0.25) is 0 Å². The van der Waals surface area contributed by atoms with Crippen molar-refractivity contribution in [2.24, 2.45) is 0 Å². The summed E-state index contributed by atoms with van der Waals surface area (Å²) in [6, 6.07) is 0.854. The average Bonchev–Trinajstić information content (AvgIpc) is 2.12. The molecule has 0 spiro atoms. The van der Waals surface area contributed by atoms with E-state index in [1.165, 1.54) is 0 Å². The van der Waals surface area contributed by atoms with Crippen molar-refractivity contribution < 1.29 is 13.3 Å². The van der Waals surface area contributed by atoms with E-state index >= 15 is 0 Å². The van der Waals surface area contributed by atoms with Crippen LogP contribution in [-0.4, -0.2) is 43.7 Å². The fourth-order valence-corrected chi connectivity index (χ4v) is 5.42. The van der Waals surface area contributed by atoms with Crippen molar-refractivity contribution in [3.8, 4) is 0 Å². The minimum atomic E-state index is -2.44. The van der Waals surface area contributed by atoms with Crippen LogP contribution in [0.1, 0.15) is 27.2 Å². The topological polar surface area (TPSA) is 27.7 Å². The van der Waals surface area contributed by atoms with E-state index < -0.39 is 8.80 Å². The fourth-order valence-electron chi connectivity index (χ4n) is 1.34. The Bertz CT molecular complexity index is 175. The van der Waals surface area contributed by atoms with Gasteiger partial charge in [-0.05, 0) is 32.9 Å². The molecule has 0 radical (unpaired) electrons. The number of hydrogen-bond acceptors (Lipinski definition) is 4. The second kappa shape index (κ2) is 7.08. The first kappa shape index (κ1) is 15.7. The van der Waals surface area contributed by atoms with Crippen molar-refractivity contribution in [1.29, 1.82) is 0 Å². The zero-order valence-corrected chi connectivity index (χ0v) is 14.4. The van der Waals surface area contributed by atoms with Crippen LogP contribution in [0, 0.1) is 0 Å². The first-order chi connectivity index (χ1) is 6.89. The van der Waals surface area contributed by atoms with Gasteiger partial charge in [0, 0.05) is 35.2 Å². The molecule has 92 valence electrons. The molecule has 0 aliphatic heterocycles. The summed E-state index contributed by atoms with van der Waals surface area (Å²) >= 11 is 4.22. The summed E-state index contributed by atoms with van der Waals surface area (Å²) in [5.74, 6) is 0.843. The first-order valence-corrected chi connectivity index (χ1v) is 8.95. The van der Waals surface area contributed by atoms with Crippen LogP contribution in [0.2, 0.25) is 6.04 Å². The Labute approximate surface area is 103 Å². The van der Waals surface area contributed by atoms with Gasteiger partial charge in [0.25, 0.3) is 0 Å². The van der Waals surface area contributed by atoms with Gasteiger partial charge in [0.15, 0.2) is 0 Å². The molecule has 0 amide bonds. The molecule has 6 heteroatoms. The van der Waals surface area contributed by atoms with E-state index in [2.05, 4.69) is 26.5 Å². The second-order valence-corrected chi connectivity index (χ2v) is 9.98. The average molecular weight is 269 g/mol. The maximum Gasteiger partial charge on any atom is 0.500 e. The lowest BCUT2D eigenvalue weighted by Gasteiger charge is -2.34. The van der Waals surface area contributed by atoms with Crippen LogP contribution in [0.5, 0.6) is 0 Å². The highest BCUT2D eigenvalue weighted by Crippen LogP contribution is 2.22. The van der Waals surface area contributed by atoms with E-state index in [1.807, 2.05) is 6.92 Å². The van der Waals surface area contributed by atoms with Crippen molar-refractivity contribution in [2.45, 2.75) is 38.5 Å². The second-order valence-electron chi connectivity index (χ2n) is 4.36. The van der Waals surface area contributed by atoms with Crippen LogP contribution >= 0.6 is 12.6 Å². The van der Waals surface area contributed by atoms with Crippen molar-refractivity contribution in [1.82, 2.24) is 0 Å². The van der Waals surface area contributed by atoms with Gasteiger partial charge in [-0.2, -0.15) is 12.6 Å². The Balaban J connectivity index is 4.49. The maximum atomic E-state index is 6.04. The smallest absolute Gasteiger partial charge is 0.377 e. The Morgan fingerprint density at radius 3 is 2.33 bits per heavy atom. The van der Waals surface area contributed by atoms with Crippen LogP contribution < -0.4 is 0 Å². The van der Waals surface area contributed by atoms with Crippen LogP contribution in [0.4, 0.5) is 0 Å². The van der Waals surface area contributed by atoms with Crippen LogP contribution in [0.15, 0.2) is 0 Å². The van der Waals surface area contributed by atoms with Crippen molar-refractivity contribution >= 4 is 31.7 Å². The fraction of sp³-hybridized carbons (Fsp3) is 1.00. The molecule has 0 aromatic heterocycles. The van der Waals surface area contributed by atoms with Gasteiger partial charge >= 0.3 is 8.80 Å². The normalized spacial score (nSPS) is 16.6. The summed E-state index contributed by atoms with van der Waals surface area (Å²) in [5.41, 5.74) is 0. The predicted octanol–water partition coefficient (Wildman–Crippen LogP) is 1.05. The minimum absolute atomic E-state index is 0.0893. The summed E-state index contributed by atoms with van der Waals surface area (Å²) < 4.78 is 17.3. The monoisotopic (exact) mass is 268 g/mol. The largest absolute Gasteiger partial charge is 0.500 e. The lowest BCUT2D eigenvalue weighted by molar-refractivity contribution is 0.0386. The summed E-state index contributed by atoms with van der Waals surface area (Å²) in [4.78, 5) is 0. The lowest BCUT2D eigenvalue weighted by atomic mass is 10.5. The molecular weight excluding hydrogens is 244 g/mol. The molecule has 0 N–H and O–H groups in total. The van der Waals surface area contributed by atoms with Crippen LogP contribution in [-0.2, 0) is 13.3 Å². The van der Waals surface area contributed by atoms with Gasteiger partial charge in [-0.15, -0.1) is 0 Å². The zero-order valence-electron chi connectivity index (χ0n) is 10.5. The van der Waals surface area contributed by atoms with Crippen molar-refractivity contribution in [3.05, 3.63) is 0 Å². The molecule has 0 aromatic rings. The molecule has 0 fully saturated rings. The van der Waals surface area contributed by atoms with E-state index in [1.54, 1.807) is 7.11 Å². The number of hydrogen-bond donors (Lipinski definition) is 1. The van der Waals surface area contributed by atoms with Gasteiger partial charge in [-0.1, -0.05) is 0 Å². The summed E-state index contributed by atoms with van der Waals surface area (Å²) in [6.07, 6.45) is 0.973.